The molecular formula is C19H23N3O3S. The van der Waals surface area contributed by atoms with Crippen LogP contribution >= 0.6 is 0 Å². The van der Waals surface area contributed by atoms with Gasteiger partial charge in [-0.15, -0.1) is 0 Å². The van der Waals surface area contributed by atoms with Crippen LogP contribution in [0.25, 0.3) is 0 Å². The Balaban J connectivity index is 1.74. The summed E-state index contributed by atoms with van der Waals surface area (Å²) >= 11 is 0. The number of nitrogens with two attached hydrogens (primary N) is 1. The molecule has 1 saturated heterocycles. The molecular weight excluding hydrogens is 350 g/mol. The molecule has 138 valence electrons. The predicted molar refractivity (Wildman–Crippen MR) is 101 cm³/mol. The van der Waals surface area contributed by atoms with Crippen LogP contribution in [-0.2, 0) is 10.0 Å². The third kappa shape index (κ3) is 3.59. The average Bonchev–Trinajstić information content (AvgIpc) is 2.63. The summed E-state index contributed by atoms with van der Waals surface area (Å²) in [6, 6.07) is 12.3. The van der Waals surface area contributed by atoms with E-state index in [4.69, 9.17) is 5.73 Å². The largest absolute Gasteiger partial charge is 0.399 e. The van der Waals surface area contributed by atoms with E-state index in [2.05, 4.69) is 0 Å². The third-order valence-corrected chi connectivity index (χ3v) is 6.66. The van der Waals surface area contributed by atoms with E-state index >= 15 is 0 Å². The molecule has 26 heavy (non-hydrogen) atoms. The number of anilines is 1. The summed E-state index contributed by atoms with van der Waals surface area (Å²) in [6.07, 6.45) is 0. The van der Waals surface area contributed by atoms with Crippen LogP contribution in [-0.4, -0.2) is 49.7 Å². The number of sulfonamides is 1. The number of piperazine rings is 1. The van der Waals surface area contributed by atoms with Gasteiger partial charge in [-0.1, -0.05) is 18.2 Å². The maximum absolute atomic E-state index is 13.0. The fraction of sp³-hybridized carbons (Fsp3) is 0.316. The van der Waals surface area contributed by atoms with Crippen molar-refractivity contribution >= 4 is 21.6 Å². The first-order valence-electron chi connectivity index (χ1n) is 8.51. The van der Waals surface area contributed by atoms with Gasteiger partial charge in [-0.3, -0.25) is 4.79 Å². The standard InChI is InChI=1S/C19H23N3O3S/c1-14-6-7-15(2)18(12-14)26(24,25)22-10-8-21(9-11-22)19(23)16-4-3-5-17(20)13-16/h3-7,12-13H,8-11,20H2,1-2H3. The molecule has 1 fully saturated rings. The number of benzene rings is 2. The van der Waals surface area contributed by atoms with E-state index in [1.54, 1.807) is 42.2 Å². The molecule has 1 aliphatic rings. The van der Waals surface area contributed by atoms with Crippen molar-refractivity contribution in [2.75, 3.05) is 31.9 Å². The Morgan fingerprint density at radius 3 is 2.35 bits per heavy atom. The molecule has 0 bridgehead atoms. The summed E-state index contributed by atoms with van der Waals surface area (Å²) in [6.45, 7) is 4.95. The molecule has 3 rings (SSSR count). The number of hydrogen-bond acceptors (Lipinski definition) is 4. The Labute approximate surface area is 154 Å². The lowest BCUT2D eigenvalue weighted by atomic mass is 10.1. The number of aryl methyl sites for hydroxylation is 2. The van der Waals surface area contributed by atoms with E-state index in [9.17, 15) is 13.2 Å². The second-order valence-corrected chi connectivity index (χ2v) is 8.50. The molecule has 1 heterocycles. The summed E-state index contributed by atoms with van der Waals surface area (Å²) in [5.41, 5.74) is 8.43. The highest BCUT2D eigenvalue weighted by molar-refractivity contribution is 7.89. The van der Waals surface area contributed by atoms with Crippen molar-refractivity contribution in [3.8, 4) is 0 Å². The van der Waals surface area contributed by atoms with Gasteiger partial charge in [-0.05, 0) is 49.2 Å². The molecule has 1 aliphatic heterocycles. The molecule has 0 saturated carbocycles. The van der Waals surface area contributed by atoms with Crippen molar-refractivity contribution in [3.63, 3.8) is 0 Å². The van der Waals surface area contributed by atoms with Crippen molar-refractivity contribution in [3.05, 3.63) is 59.2 Å². The van der Waals surface area contributed by atoms with Crippen LogP contribution in [0.1, 0.15) is 21.5 Å². The summed E-state index contributed by atoms with van der Waals surface area (Å²) in [5, 5.41) is 0. The maximum Gasteiger partial charge on any atom is 0.254 e. The molecule has 2 aromatic carbocycles. The lowest BCUT2D eigenvalue weighted by molar-refractivity contribution is 0.0698. The Morgan fingerprint density at radius 2 is 1.69 bits per heavy atom. The Bertz CT molecular complexity index is 933. The van der Waals surface area contributed by atoms with Gasteiger partial charge in [-0.2, -0.15) is 4.31 Å². The van der Waals surface area contributed by atoms with Gasteiger partial charge in [-0.25, -0.2) is 8.42 Å². The van der Waals surface area contributed by atoms with E-state index < -0.39 is 10.0 Å². The molecule has 2 N–H and O–H groups in total. The van der Waals surface area contributed by atoms with Crippen molar-refractivity contribution in [1.29, 1.82) is 0 Å². The average molecular weight is 373 g/mol. The van der Waals surface area contributed by atoms with Gasteiger partial charge in [0.2, 0.25) is 10.0 Å². The van der Waals surface area contributed by atoms with Crippen LogP contribution < -0.4 is 5.73 Å². The highest BCUT2D eigenvalue weighted by Gasteiger charge is 2.31. The molecule has 1 amide bonds. The lowest BCUT2D eigenvalue weighted by Gasteiger charge is -2.34. The second kappa shape index (κ2) is 7.09. The van der Waals surface area contributed by atoms with E-state index in [1.807, 2.05) is 19.1 Å². The smallest absolute Gasteiger partial charge is 0.254 e. The van der Waals surface area contributed by atoms with E-state index in [-0.39, 0.29) is 19.0 Å². The molecule has 6 nitrogen and oxygen atoms in total. The van der Waals surface area contributed by atoms with Gasteiger partial charge in [0.05, 0.1) is 4.90 Å². The molecule has 0 spiro atoms. The minimum Gasteiger partial charge on any atom is -0.399 e. The van der Waals surface area contributed by atoms with Crippen LogP contribution in [0.4, 0.5) is 5.69 Å². The Kier molecular flexibility index (Phi) is 5.02. The molecule has 0 unspecified atom stereocenters. The SMILES string of the molecule is Cc1ccc(C)c(S(=O)(=O)N2CCN(C(=O)c3cccc(N)c3)CC2)c1. The van der Waals surface area contributed by atoms with Gasteiger partial charge in [0.25, 0.3) is 5.91 Å². The van der Waals surface area contributed by atoms with Crippen molar-refractivity contribution < 1.29 is 13.2 Å². The minimum absolute atomic E-state index is 0.124. The first kappa shape index (κ1) is 18.4. The molecule has 7 heteroatoms. The lowest BCUT2D eigenvalue weighted by Crippen LogP contribution is -2.50. The van der Waals surface area contributed by atoms with E-state index in [0.29, 0.717) is 29.2 Å². The maximum atomic E-state index is 13.0. The fourth-order valence-electron chi connectivity index (χ4n) is 3.11. The van der Waals surface area contributed by atoms with Crippen LogP contribution in [0.5, 0.6) is 0 Å². The van der Waals surface area contributed by atoms with Gasteiger partial charge in [0, 0.05) is 37.4 Å². The minimum atomic E-state index is -3.56. The number of nitrogens with zero attached hydrogens (tertiary/aromatic N) is 2. The summed E-state index contributed by atoms with van der Waals surface area (Å²) in [5.74, 6) is -0.124. The van der Waals surface area contributed by atoms with Crippen LogP contribution in [0.2, 0.25) is 0 Å². The predicted octanol–water partition coefficient (Wildman–Crippen LogP) is 2.03. The zero-order valence-electron chi connectivity index (χ0n) is 15.0. The van der Waals surface area contributed by atoms with Gasteiger partial charge < -0.3 is 10.6 Å². The molecule has 0 radical (unpaired) electrons. The Hall–Kier alpha value is -2.38. The summed E-state index contributed by atoms with van der Waals surface area (Å²) in [4.78, 5) is 14.6. The van der Waals surface area contributed by atoms with Crippen LogP contribution in [0.15, 0.2) is 47.4 Å². The number of nitrogen functional groups attached to an aromatic ring is 1. The van der Waals surface area contributed by atoms with E-state index in [0.717, 1.165) is 11.1 Å². The van der Waals surface area contributed by atoms with Crippen LogP contribution in [0.3, 0.4) is 0 Å². The van der Waals surface area contributed by atoms with Crippen LogP contribution in [0, 0.1) is 13.8 Å². The molecule has 0 aliphatic carbocycles. The van der Waals surface area contributed by atoms with Crippen molar-refractivity contribution in [2.45, 2.75) is 18.7 Å². The van der Waals surface area contributed by atoms with Gasteiger partial charge in [0.1, 0.15) is 0 Å². The van der Waals surface area contributed by atoms with Crippen molar-refractivity contribution in [1.82, 2.24) is 9.21 Å². The highest BCUT2D eigenvalue weighted by atomic mass is 32.2. The topological polar surface area (TPSA) is 83.7 Å². The van der Waals surface area contributed by atoms with Crippen molar-refractivity contribution in [2.24, 2.45) is 0 Å². The Morgan fingerprint density at radius 1 is 1.00 bits per heavy atom. The molecule has 2 aromatic rings. The van der Waals surface area contributed by atoms with E-state index in [1.165, 1.54) is 4.31 Å². The quantitative estimate of drug-likeness (QED) is 0.835. The monoisotopic (exact) mass is 373 g/mol. The number of carbonyl (C=O) groups excluding carboxylic acids is 1. The third-order valence-electron chi connectivity index (χ3n) is 4.62. The first-order valence-corrected chi connectivity index (χ1v) is 9.95. The number of amides is 1. The zero-order valence-corrected chi connectivity index (χ0v) is 15.8. The molecule has 0 atom stereocenters. The van der Waals surface area contributed by atoms with Gasteiger partial charge >= 0.3 is 0 Å². The number of rotatable bonds is 3. The van der Waals surface area contributed by atoms with Gasteiger partial charge in [0.15, 0.2) is 0 Å². The normalized spacial score (nSPS) is 15.8. The number of hydrogen-bond donors (Lipinski definition) is 1. The number of carbonyl (C=O) groups is 1. The highest BCUT2D eigenvalue weighted by Crippen LogP contribution is 2.23. The second-order valence-electron chi connectivity index (χ2n) is 6.59. The molecule has 0 aromatic heterocycles. The summed E-state index contributed by atoms with van der Waals surface area (Å²) in [7, 11) is -3.56. The fourth-order valence-corrected chi connectivity index (χ4v) is 4.84. The first-order chi connectivity index (χ1) is 12.3. The summed E-state index contributed by atoms with van der Waals surface area (Å²) < 4.78 is 27.4. The zero-order chi connectivity index (χ0) is 18.9.